The Balaban J connectivity index is 1.83. The van der Waals surface area contributed by atoms with Gasteiger partial charge in [-0.1, -0.05) is 18.0 Å². The molecule has 1 aliphatic carbocycles. The van der Waals surface area contributed by atoms with Crippen LogP contribution in [0.25, 0.3) is 11.4 Å². The zero-order chi connectivity index (χ0) is 14.2. The summed E-state index contributed by atoms with van der Waals surface area (Å²) in [6, 6.07) is 4.38. The number of nitrogens with two attached hydrogens (primary N) is 1. The number of aromatic nitrogens is 2. The van der Waals surface area contributed by atoms with Crippen molar-refractivity contribution >= 4 is 15.9 Å². The lowest BCUT2D eigenvalue weighted by Gasteiger charge is -2.20. The van der Waals surface area contributed by atoms with Gasteiger partial charge in [-0.05, 0) is 47.0 Å². The molecule has 1 heterocycles. The number of nitrogens with zero attached hydrogens (tertiary/aromatic N) is 2. The smallest absolute Gasteiger partial charge is 0.228 e. The molecule has 1 aliphatic rings. The van der Waals surface area contributed by atoms with Crippen molar-refractivity contribution in [3.05, 3.63) is 34.4 Å². The van der Waals surface area contributed by atoms with E-state index in [1.165, 1.54) is 12.1 Å². The fourth-order valence-corrected chi connectivity index (χ4v) is 3.19. The third-order valence-electron chi connectivity index (χ3n) is 3.74. The van der Waals surface area contributed by atoms with Gasteiger partial charge in [0.25, 0.3) is 0 Å². The molecule has 1 saturated carbocycles. The molecule has 0 radical (unpaired) electrons. The van der Waals surface area contributed by atoms with Crippen LogP contribution >= 0.6 is 15.9 Å². The summed E-state index contributed by atoms with van der Waals surface area (Å²) in [5, 5.41) is 3.96. The Morgan fingerprint density at radius 2 is 2.10 bits per heavy atom. The van der Waals surface area contributed by atoms with Crippen LogP contribution in [-0.2, 0) is 6.42 Å². The minimum atomic E-state index is -0.309. The van der Waals surface area contributed by atoms with Crippen molar-refractivity contribution in [2.75, 3.05) is 0 Å². The zero-order valence-corrected chi connectivity index (χ0v) is 12.5. The monoisotopic (exact) mass is 339 g/mol. The van der Waals surface area contributed by atoms with Crippen molar-refractivity contribution in [2.24, 2.45) is 5.73 Å². The molecule has 0 unspecified atom stereocenters. The second-order valence-electron chi connectivity index (χ2n) is 5.38. The maximum atomic E-state index is 13.1. The molecule has 3 rings (SSSR count). The summed E-state index contributed by atoms with van der Waals surface area (Å²) in [5.74, 6) is 0.685. The van der Waals surface area contributed by atoms with E-state index in [1.54, 1.807) is 6.07 Å². The Morgan fingerprint density at radius 1 is 1.35 bits per heavy atom. The van der Waals surface area contributed by atoms with Gasteiger partial charge in [0.05, 0.1) is 0 Å². The van der Waals surface area contributed by atoms with Gasteiger partial charge in [0.15, 0.2) is 0 Å². The number of hydrogen-bond donors (Lipinski definition) is 1. The molecule has 106 valence electrons. The zero-order valence-electron chi connectivity index (χ0n) is 10.9. The Morgan fingerprint density at radius 3 is 2.80 bits per heavy atom. The predicted octanol–water partition coefficient (Wildman–Crippen LogP) is 3.45. The SMILES string of the molecule is NC1(Cc2nc(-c3ccc(F)cc3Br)no2)CCCC1. The molecule has 1 fully saturated rings. The highest BCUT2D eigenvalue weighted by molar-refractivity contribution is 9.10. The fraction of sp³-hybridized carbons (Fsp3) is 0.429. The minimum Gasteiger partial charge on any atom is -0.339 e. The van der Waals surface area contributed by atoms with Gasteiger partial charge in [-0.3, -0.25) is 0 Å². The molecule has 0 aliphatic heterocycles. The van der Waals surface area contributed by atoms with Crippen molar-refractivity contribution in [3.63, 3.8) is 0 Å². The Bertz CT molecular complexity index is 623. The van der Waals surface area contributed by atoms with E-state index >= 15 is 0 Å². The van der Waals surface area contributed by atoms with Gasteiger partial charge >= 0.3 is 0 Å². The molecule has 0 spiro atoms. The fourth-order valence-electron chi connectivity index (χ4n) is 2.66. The predicted molar refractivity (Wildman–Crippen MR) is 76.5 cm³/mol. The average molecular weight is 340 g/mol. The maximum absolute atomic E-state index is 13.1. The lowest BCUT2D eigenvalue weighted by atomic mass is 9.95. The van der Waals surface area contributed by atoms with Gasteiger partial charge in [0.2, 0.25) is 11.7 Å². The molecular formula is C14H15BrFN3O. The van der Waals surface area contributed by atoms with Gasteiger partial charge in [-0.25, -0.2) is 4.39 Å². The molecule has 4 nitrogen and oxygen atoms in total. The first-order valence-electron chi connectivity index (χ1n) is 6.63. The van der Waals surface area contributed by atoms with Crippen LogP contribution in [0, 0.1) is 5.82 Å². The van der Waals surface area contributed by atoms with E-state index < -0.39 is 0 Å². The van der Waals surface area contributed by atoms with Gasteiger partial charge in [0.1, 0.15) is 5.82 Å². The molecule has 2 N–H and O–H groups in total. The normalized spacial score (nSPS) is 17.6. The van der Waals surface area contributed by atoms with E-state index in [0.29, 0.717) is 28.2 Å². The van der Waals surface area contributed by atoms with Crippen LogP contribution in [0.5, 0.6) is 0 Å². The highest BCUT2D eigenvalue weighted by Crippen LogP contribution is 2.31. The minimum absolute atomic E-state index is 0.218. The molecular weight excluding hydrogens is 325 g/mol. The number of halogens is 2. The van der Waals surface area contributed by atoms with E-state index in [4.69, 9.17) is 10.3 Å². The van der Waals surface area contributed by atoms with E-state index in [2.05, 4.69) is 26.1 Å². The highest BCUT2D eigenvalue weighted by atomic mass is 79.9. The topological polar surface area (TPSA) is 64.9 Å². The highest BCUT2D eigenvalue weighted by Gasteiger charge is 2.31. The standard InChI is InChI=1S/C14H15BrFN3O/c15-11-7-9(16)3-4-10(11)13-18-12(20-19-13)8-14(17)5-1-2-6-14/h3-4,7H,1-2,5-6,8,17H2. The third-order valence-corrected chi connectivity index (χ3v) is 4.40. The van der Waals surface area contributed by atoms with E-state index in [9.17, 15) is 4.39 Å². The second kappa shape index (κ2) is 5.26. The summed E-state index contributed by atoms with van der Waals surface area (Å²) in [5.41, 5.74) is 6.79. The third kappa shape index (κ3) is 2.76. The maximum Gasteiger partial charge on any atom is 0.228 e. The Labute approximate surface area is 124 Å². The lowest BCUT2D eigenvalue weighted by molar-refractivity contribution is 0.329. The lowest BCUT2D eigenvalue weighted by Crippen LogP contribution is -2.38. The van der Waals surface area contributed by atoms with Gasteiger partial charge in [0, 0.05) is 22.0 Å². The van der Waals surface area contributed by atoms with Crippen LogP contribution in [0.4, 0.5) is 4.39 Å². The van der Waals surface area contributed by atoms with Gasteiger partial charge < -0.3 is 10.3 Å². The average Bonchev–Trinajstić information content (AvgIpc) is 2.99. The van der Waals surface area contributed by atoms with Gasteiger partial charge in [-0.15, -0.1) is 0 Å². The molecule has 1 aromatic carbocycles. The van der Waals surface area contributed by atoms with Crippen molar-refractivity contribution in [3.8, 4) is 11.4 Å². The van der Waals surface area contributed by atoms with Crippen LogP contribution in [0.1, 0.15) is 31.6 Å². The first kappa shape index (κ1) is 13.7. The first-order valence-corrected chi connectivity index (χ1v) is 7.42. The Hall–Kier alpha value is -1.27. The first-order chi connectivity index (χ1) is 9.56. The number of benzene rings is 1. The largest absolute Gasteiger partial charge is 0.339 e. The van der Waals surface area contributed by atoms with E-state index in [1.807, 2.05) is 0 Å². The summed E-state index contributed by atoms with van der Waals surface area (Å²) in [4.78, 5) is 4.37. The van der Waals surface area contributed by atoms with Gasteiger partial charge in [-0.2, -0.15) is 4.98 Å². The Kier molecular flexibility index (Phi) is 3.60. The van der Waals surface area contributed by atoms with Crippen molar-refractivity contribution < 1.29 is 8.91 Å². The number of rotatable bonds is 3. The summed E-state index contributed by atoms with van der Waals surface area (Å²) >= 11 is 3.31. The van der Waals surface area contributed by atoms with Crippen molar-refractivity contribution in [2.45, 2.75) is 37.6 Å². The van der Waals surface area contributed by atoms with Crippen LogP contribution in [0.2, 0.25) is 0 Å². The van der Waals surface area contributed by atoms with Crippen molar-refractivity contribution in [1.29, 1.82) is 0 Å². The summed E-state index contributed by atoms with van der Waals surface area (Å²) in [6.45, 7) is 0. The molecule has 2 aromatic rings. The molecule has 0 amide bonds. The number of hydrogen-bond acceptors (Lipinski definition) is 4. The van der Waals surface area contributed by atoms with Crippen LogP contribution in [0.15, 0.2) is 27.2 Å². The summed E-state index contributed by atoms with van der Waals surface area (Å²) in [6.07, 6.45) is 4.89. The summed E-state index contributed by atoms with van der Waals surface area (Å²) in [7, 11) is 0. The second-order valence-corrected chi connectivity index (χ2v) is 6.24. The van der Waals surface area contributed by atoms with E-state index in [-0.39, 0.29) is 11.4 Å². The van der Waals surface area contributed by atoms with Crippen LogP contribution < -0.4 is 5.73 Å². The van der Waals surface area contributed by atoms with E-state index in [0.717, 1.165) is 25.7 Å². The quantitative estimate of drug-likeness (QED) is 0.929. The molecule has 0 atom stereocenters. The van der Waals surface area contributed by atoms with Crippen LogP contribution in [0.3, 0.4) is 0 Å². The van der Waals surface area contributed by atoms with Crippen LogP contribution in [-0.4, -0.2) is 15.7 Å². The molecule has 1 aromatic heterocycles. The summed E-state index contributed by atoms with van der Waals surface area (Å²) < 4.78 is 19.0. The molecule has 0 bridgehead atoms. The molecule has 20 heavy (non-hydrogen) atoms. The molecule has 0 saturated heterocycles. The van der Waals surface area contributed by atoms with Crippen molar-refractivity contribution in [1.82, 2.24) is 10.1 Å². The molecule has 6 heteroatoms.